The van der Waals surface area contributed by atoms with Gasteiger partial charge in [-0.2, -0.15) is 0 Å². The highest BCUT2D eigenvalue weighted by atomic mass is 16.6. The molecule has 2 aliphatic rings. The minimum atomic E-state index is -2.38. The van der Waals surface area contributed by atoms with Crippen molar-refractivity contribution in [2.45, 2.75) is 24.0 Å². The second-order valence-electron chi connectivity index (χ2n) is 5.65. The lowest BCUT2D eigenvalue weighted by molar-refractivity contribution is -0.184. The molecule has 1 aromatic heterocycles. The summed E-state index contributed by atoms with van der Waals surface area (Å²) in [7, 11) is 0. The molecule has 25 heavy (non-hydrogen) atoms. The maximum absolute atomic E-state index is 11.4. The Bertz CT molecular complexity index is 860. The molecule has 0 saturated carbocycles. The van der Waals surface area contributed by atoms with Crippen molar-refractivity contribution in [2.75, 3.05) is 19.8 Å². The smallest absolute Gasteiger partial charge is 0.341 e. The summed E-state index contributed by atoms with van der Waals surface area (Å²) >= 11 is 0. The van der Waals surface area contributed by atoms with Crippen molar-refractivity contribution in [2.24, 2.45) is 4.99 Å². The summed E-state index contributed by atoms with van der Waals surface area (Å²) in [5.41, 5.74) is -2.25. The molecule has 0 amide bonds. The number of fused-ring (bicyclic) bond motifs is 1. The maximum atomic E-state index is 11.4. The summed E-state index contributed by atoms with van der Waals surface area (Å²) in [6.45, 7) is -0.919. The Balaban J connectivity index is 2.05. The van der Waals surface area contributed by atoms with E-state index in [9.17, 15) is 30.3 Å². The summed E-state index contributed by atoms with van der Waals surface area (Å²) in [6, 6.07) is 0. The van der Waals surface area contributed by atoms with Gasteiger partial charge >= 0.3 is 5.97 Å². The third-order valence-electron chi connectivity index (χ3n) is 4.25. The van der Waals surface area contributed by atoms with Crippen LogP contribution in [-0.4, -0.2) is 83.6 Å². The van der Waals surface area contributed by atoms with Crippen molar-refractivity contribution in [1.29, 1.82) is 0 Å². The molecule has 11 heteroatoms. The highest BCUT2D eigenvalue weighted by Gasteiger charge is 2.60. The number of aliphatic hydroxyl groups is 4. The number of nitrogens with zero attached hydrogens (tertiary/aromatic N) is 4. The van der Waals surface area contributed by atoms with E-state index in [0.29, 0.717) is 0 Å². The van der Waals surface area contributed by atoms with Gasteiger partial charge in [0.15, 0.2) is 17.1 Å². The van der Waals surface area contributed by atoms with Crippen LogP contribution in [0.25, 0.3) is 5.88 Å². The number of hydrogen-bond donors (Lipinski definition) is 5. The number of aromatic nitrogens is 2. The van der Waals surface area contributed by atoms with Crippen LogP contribution in [0.3, 0.4) is 0 Å². The fourth-order valence-corrected chi connectivity index (χ4v) is 2.84. The van der Waals surface area contributed by atoms with Gasteiger partial charge in [0.1, 0.15) is 18.9 Å². The topological polar surface area (TPSA) is 161 Å². The van der Waals surface area contributed by atoms with Crippen molar-refractivity contribution >= 4 is 11.9 Å². The molecule has 5 N–H and O–H groups in total. The first-order valence-corrected chi connectivity index (χ1v) is 7.24. The molecule has 0 unspecified atom stereocenters. The highest BCUT2D eigenvalue weighted by molar-refractivity contribution is 5.79. The molecule has 0 radical (unpaired) electrons. The van der Waals surface area contributed by atoms with Crippen molar-refractivity contribution in [3.8, 4) is 12.3 Å². The van der Waals surface area contributed by atoms with E-state index in [1.54, 1.807) is 0 Å². The minimum Gasteiger partial charge on any atom is -0.493 e. The van der Waals surface area contributed by atoms with E-state index in [2.05, 4.69) is 15.9 Å². The molecule has 1 fully saturated rings. The fourth-order valence-electron chi connectivity index (χ4n) is 2.84. The van der Waals surface area contributed by atoms with Crippen molar-refractivity contribution in [1.82, 2.24) is 14.5 Å². The van der Waals surface area contributed by atoms with Gasteiger partial charge in [0.25, 0.3) is 0 Å². The zero-order chi connectivity index (χ0) is 18.4. The first-order chi connectivity index (χ1) is 11.9. The monoisotopic (exact) mass is 352 g/mol. The predicted octanol–water partition coefficient (Wildman–Crippen LogP) is -3.90. The van der Waals surface area contributed by atoms with Gasteiger partial charge in [-0.25, -0.2) is 14.8 Å². The maximum Gasteiger partial charge on any atom is 0.341 e. The first kappa shape index (κ1) is 17.2. The van der Waals surface area contributed by atoms with Crippen LogP contribution in [0.4, 0.5) is 0 Å². The first-order valence-electron chi connectivity index (χ1n) is 7.24. The van der Waals surface area contributed by atoms with Gasteiger partial charge < -0.3 is 35.2 Å². The van der Waals surface area contributed by atoms with E-state index < -0.39 is 36.6 Å². The zero-order valence-corrected chi connectivity index (χ0v) is 12.8. The molecule has 1 aromatic rings. The number of carbonyl (C=O) groups is 1. The largest absolute Gasteiger partial charge is 0.493 e. The molecule has 0 bridgehead atoms. The lowest BCUT2D eigenvalue weighted by Crippen LogP contribution is -2.52. The second kappa shape index (κ2) is 6.01. The van der Waals surface area contributed by atoms with E-state index in [1.165, 1.54) is 15.8 Å². The van der Waals surface area contributed by atoms with Crippen LogP contribution >= 0.6 is 0 Å². The van der Waals surface area contributed by atoms with Crippen LogP contribution in [0.5, 0.6) is 0 Å². The number of aliphatic carboxylic acids is 1. The minimum absolute atomic E-state index is 0.0180. The number of carboxylic acids is 1. The molecule has 4 atom stereocenters. The van der Waals surface area contributed by atoms with Gasteiger partial charge in [-0.05, 0) is 0 Å². The Morgan fingerprint density at radius 1 is 1.52 bits per heavy atom. The van der Waals surface area contributed by atoms with Gasteiger partial charge in [-0.1, -0.05) is 5.92 Å². The van der Waals surface area contributed by atoms with Gasteiger partial charge in [-0.15, -0.1) is 6.42 Å². The second-order valence-corrected chi connectivity index (χ2v) is 5.65. The average molecular weight is 352 g/mol. The van der Waals surface area contributed by atoms with Crippen LogP contribution in [0.15, 0.2) is 11.3 Å². The number of ether oxygens (including phenoxy) is 1. The molecule has 0 aromatic carbocycles. The summed E-state index contributed by atoms with van der Waals surface area (Å²) < 4.78 is 6.47. The summed E-state index contributed by atoms with van der Waals surface area (Å²) in [5, 5.41) is 49.2. The van der Waals surface area contributed by atoms with Crippen LogP contribution < -0.4 is 10.8 Å². The summed E-state index contributed by atoms with van der Waals surface area (Å²) in [5.74, 6) is 0.522. The molecule has 3 rings (SSSR count). The zero-order valence-electron chi connectivity index (χ0n) is 12.8. The highest BCUT2D eigenvalue weighted by Crippen LogP contribution is 2.36. The lowest BCUT2D eigenvalue weighted by Gasteiger charge is -2.24. The molecule has 1 saturated heterocycles. The van der Waals surface area contributed by atoms with Gasteiger partial charge in [0.2, 0.25) is 11.5 Å². The average Bonchev–Trinajstić information content (AvgIpc) is 3.12. The number of terminal acetylenes is 1. The molecule has 134 valence electrons. The van der Waals surface area contributed by atoms with E-state index in [4.69, 9.17) is 11.2 Å². The standard InChI is InChI=1S/C14H16N4O7/c1-2-3-17-5-16-10-7(11(17)22)15-6-18(10)12-8(20)9(21)14(4-19,25-12)13(23)24/h1,6,8-9,12,19-22H,3-5H2,(H,23,24)/t8-,9+,12-,14-/m1/s1. The van der Waals surface area contributed by atoms with Crippen LogP contribution in [0.1, 0.15) is 6.23 Å². The number of hydrogen-bond acceptors (Lipinski definition) is 9. The van der Waals surface area contributed by atoms with Crippen molar-refractivity contribution in [3.63, 3.8) is 0 Å². The predicted molar refractivity (Wildman–Crippen MR) is 79.0 cm³/mol. The van der Waals surface area contributed by atoms with Crippen LogP contribution in [0, 0.1) is 12.3 Å². The number of imidazole rings is 1. The normalized spacial score (nSPS) is 31.4. The van der Waals surface area contributed by atoms with Gasteiger partial charge in [0, 0.05) is 0 Å². The fraction of sp³-hybridized carbons (Fsp3) is 0.500. The van der Waals surface area contributed by atoms with E-state index in [-0.39, 0.29) is 29.9 Å². The number of carboxylic acid groups (broad SMARTS) is 1. The Hall–Kier alpha value is -2.65. The van der Waals surface area contributed by atoms with Crippen molar-refractivity contribution in [3.05, 3.63) is 17.2 Å². The molecular formula is C14H16N4O7. The summed E-state index contributed by atoms with van der Waals surface area (Å²) in [6.07, 6.45) is 1.48. The number of rotatable bonds is 4. The Kier molecular flexibility index (Phi) is 4.13. The molecule has 0 spiro atoms. The number of aliphatic hydroxyl groups excluding tert-OH is 4. The Labute approximate surface area is 140 Å². The third kappa shape index (κ3) is 2.35. The van der Waals surface area contributed by atoms with Crippen LogP contribution in [-0.2, 0) is 9.53 Å². The molecule has 11 nitrogen and oxygen atoms in total. The summed E-state index contributed by atoms with van der Waals surface area (Å²) in [4.78, 5) is 21.0. The molecule has 0 aliphatic carbocycles. The van der Waals surface area contributed by atoms with E-state index >= 15 is 0 Å². The molecule has 3 heterocycles. The Morgan fingerprint density at radius 3 is 2.80 bits per heavy atom. The van der Waals surface area contributed by atoms with E-state index in [0.717, 1.165) is 0 Å². The van der Waals surface area contributed by atoms with Gasteiger partial charge in [-0.3, -0.25) is 4.57 Å². The van der Waals surface area contributed by atoms with E-state index in [1.807, 2.05) is 0 Å². The lowest BCUT2D eigenvalue weighted by atomic mass is 9.96. The van der Waals surface area contributed by atoms with Crippen LogP contribution in [0.2, 0.25) is 0 Å². The third-order valence-corrected chi connectivity index (χ3v) is 4.25. The quantitative estimate of drug-likeness (QED) is 0.341. The SMILES string of the molecule is C#CCN1CN=c2c(ncn2[C@@H]2O[C@@](CO)(C(=O)O)[C@@H](O)[C@H]2O)=C1O. The van der Waals surface area contributed by atoms with Crippen molar-refractivity contribution < 1.29 is 35.1 Å². The molecular weight excluding hydrogens is 336 g/mol. The molecule has 2 aliphatic heterocycles. The Morgan fingerprint density at radius 2 is 2.24 bits per heavy atom. The van der Waals surface area contributed by atoms with Gasteiger partial charge in [0.05, 0.1) is 19.5 Å².